The normalized spacial score (nSPS) is 14.3. The van der Waals surface area contributed by atoms with Crippen molar-refractivity contribution in [3.05, 3.63) is 34.9 Å². The molecule has 3 N–H and O–H groups in total. The van der Waals surface area contributed by atoms with Gasteiger partial charge in [0.15, 0.2) is 0 Å². The Kier molecular flexibility index (Phi) is 10.1. The third kappa shape index (κ3) is 9.18. The number of carbonyl (C=O) groups is 3. The third-order valence-corrected chi connectivity index (χ3v) is 6.40. The predicted molar refractivity (Wildman–Crippen MR) is 106 cm³/mol. The van der Waals surface area contributed by atoms with E-state index in [2.05, 4.69) is 5.32 Å². The number of carboxylic acids is 2. The molecule has 0 radical (unpaired) electrons. The van der Waals surface area contributed by atoms with Crippen molar-refractivity contribution in [1.29, 1.82) is 0 Å². The van der Waals surface area contributed by atoms with Gasteiger partial charge in [-0.25, -0.2) is 4.79 Å². The second kappa shape index (κ2) is 11.6. The highest BCUT2D eigenvalue weighted by atomic mass is 35.5. The summed E-state index contributed by atoms with van der Waals surface area (Å²) in [5.74, 6) is -2.13. The monoisotopic (exact) mass is 473 g/mol. The van der Waals surface area contributed by atoms with Crippen LogP contribution in [-0.2, 0) is 19.8 Å². The Balaban J connectivity index is 0.000000516. The molecule has 1 aromatic carbocycles. The highest BCUT2D eigenvalue weighted by molar-refractivity contribution is 8.76. The Morgan fingerprint density at radius 3 is 2.21 bits per heavy atom. The fourth-order valence-corrected chi connectivity index (χ4v) is 4.26. The van der Waals surface area contributed by atoms with Crippen LogP contribution in [0.25, 0.3) is 0 Å². The first-order valence-corrected chi connectivity index (χ1v) is 11.2. The molecule has 0 heterocycles. The predicted octanol–water partition coefficient (Wildman–Crippen LogP) is 3.98. The minimum Gasteiger partial charge on any atom is -0.481 e. The van der Waals surface area contributed by atoms with Crippen LogP contribution in [0, 0.1) is 0 Å². The number of hydrogen-bond donors (Lipinski definition) is 3. The van der Waals surface area contributed by atoms with E-state index in [1.807, 2.05) is 24.3 Å². The molecule has 1 amide bonds. The third-order valence-electron chi connectivity index (χ3n) is 3.76. The van der Waals surface area contributed by atoms with Crippen LogP contribution in [0.5, 0.6) is 0 Å². The lowest BCUT2D eigenvalue weighted by molar-refractivity contribution is -0.192. The van der Waals surface area contributed by atoms with Gasteiger partial charge in [-0.3, -0.25) is 9.59 Å². The Morgan fingerprint density at radius 2 is 1.72 bits per heavy atom. The molecule has 0 atom stereocenters. The molecular formula is C17H19ClF3NO5S2. The van der Waals surface area contributed by atoms with Gasteiger partial charge >= 0.3 is 18.1 Å². The number of alkyl halides is 3. The fourth-order valence-electron chi connectivity index (χ4n) is 2.18. The van der Waals surface area contributed by atoms with Gasteiger partial charge in [0.2, 0.25) is 5.91 Å². The van der Waals surface area contributed by atoms with Gasteiger partial charge in [0, 0.05) is 23.1 Å². The van der Waals surface area contributed by atoms with Crippen LogP contribution in [0.2, 0.25) is 5.02 Å². The average molecular weight is 474 g/mol. The zero-order valence-corrected chi connectivity index (χ0v) is 17.4. The number of carbonyl (C=O) groups excluding carboxylic acids is 1. The molecule has 1 fully saturated rings. The van der Waals surface area contributed by atoms with Crippen LogP contribution < -0.4 is 5.32 Å². The molecule has 1 aromatic rings. The maximum Gasteiger partial charge on any atom is 0.490 e. The molecular weight excluding hydrogens is 455 g/mol. The molecule has 0 unspecified atom stereocenters. The number of nitrogens with one attached hydrogen (secondary N) is 1. The summed E-state index contributed by atoms with van der Waals surface area (Å²) in [5.41, 5.74) is 0.590. The number of hydrogen-bond acceptors (Lipinski definition) is 5. The van der Waals surface area contributed by atoms with Crippen molar-refractivity contribution in [2.24, 2.45) is 0 Å². The quantitative estimate of drug-likeness (QED) is 0.368. The lowest BCUT2D eigenvalue weighted by Crippen LogP contribution is -2.35. The Morgan fingerprint density at radius 1 is 1.14 bits per heavy atom. The molecule has 1 saturated carbocycles. The van der Waals surface area contributed by atoms with E-state index in [1.165, 1.54) is 10.8 Å². The van der Waals surface area contributed by atoms with Crippen LogP contribution in [0.3, 0.4) is 0 Å². The van der Waals surface area contributed by atoms with Crippen molar-refractivity contribution in [3.63, 3.8) is 0 Å². The Hall–Kier alpha value is -1.59. The molecule has 6 nitrogen and oxygen atoms in total. The summed E-state index contributed by atoms with van der Waals surface area (Å²) in [6, 6.07) is 7.50. The summed E-state index contributed by atoms with van der Waals surface area (Å²) >= 11 is 6.00. The highest BCUT2D eigenvalue weighted by Crippen LogP contribution is 2.48. The van der Waals surface area contributed by atoms with Gasteiger partial charge in [-0.05, 0) is 30.5 Å². The number of halogens is 4. The number of benzene rings is 1. The standard InChI is InChI=1S/C15H18ClNO3S2.C2HF3O2/c16-12-3-1-2-11(10-12)15(5-6-15)14(20)17-7-9-22-21-8-4-13(18)19;3-2(4,5)1(6)7/h1-3,10H,4-9H2,(H,17,20)(H,18,19);(H,6,7). The number of rotatable bonds is 9. The Labute approximate surface area is 178 Å². The summed E-state index contributed by atoms with van der Waals surface area (Å²) in [6.45, 7) is 0.589. The van der Waals surface area contributed by atoms with E-state index in [1.54, 1.807) is 10.8 Å². The van der Waals surface area contributed by atoms with Crippen LogP contribution >= 0.6 is 33.2 Å². The van der Waals surface area contributed by atoms with Crippen molar-refractivity contribution in [2.75, 3.05) is 18.1 Å². The maximum atomic E-state index is 12.4. The van der Waals surface area contributed by atoms with Crippen molar-refractivity contribution >= 4 is 51.0 Å². The molecule has 162 valence electrons. The van der Waals surface area contributed by atoms with Gasteiger partial charge in [0.25, 0.3) is 0 Å². The number of amides is 1. The van der Waals surface area contributed by atoms with E-state index in [0.29, 0.717) is 17.3 Å². The highest BCUT2D eigenvalue weighted by Gasteiger charge is 2.51. The molecule has 1 aliphatic rings. The molecule has 0 bridgehead atoms. The van der Waals surface area contributed by atoms with Crippen LogP contribution in [0.15, 0.2) is 24.3 Å². The second-order valence-electron chi connectivity index (χ2n) is 5.94. The van der Waals surface area contributed by atoms with Crippen molar-refractivity contribution in [3.8, 4) is 0 Å². The van der Waals surface area contributed by atoms with Gasteiger partial charge in [0.05, 0.1) is 11.8 Å². The van der Waals surface area contributed by atoms with Crippen molar-refractivity contribution in [2.45, 2.75) is 30.9 Å². The van der Waals surface area contributed by atoms with E-state index < -0.39 is 23.5 Å². The first-order valence-electron chi connectivity index (χ1n) is 8.30. The van der Waals surface area contributed by atoms with Crippen LogP contribution in [0.1, 0.15) is 24.8 Å². The van der Waals surface area contributed by atoms with Crippen molar-refractivity contribution < 1.29 is 37.8 Å². The van der Waals surface area contributed by atoms with E-state index >= 15 is 0 Å². The summed E-state index contributed by atoms with van der Waals surface area (Å²) in [4.78, 5) is 31.6. The summed E-state index contributed by atoms with van der Waals surface area (Å²) in [5, 5.41) is 19.3. The zero-order valence-electron chi connectivity index (χ0n) is 15.0. The summed E-state index contributed by atoms with van der Waals surface area (Å²) in [6.07, 6.45) is -3.19. The molecule has 0 aromatic heterocycles. The molecule has 0 aliphatic heterocycles. The van der Waals surface area contributed by atoms with E-state index in [-0.39, 0.29) is 12.3 Å². The Bertz CT molecular complexity index is 729. The largest absolute Gasteiger partial charge is 0.490 e. The second-order valence-corrected chi connectivity index (χ2v) is 9.08. The lowest BCUT2D eigenvalue weighted by atomic mass is 9.95. The topological polar surface area (TPSA) is 104 Å². The van der Waals surface area contributed by atoms with Gasteiger partial charge < -0.3 is 15.5 Å². The number of aliphatic carboxylic acids is 2. The van der Waals surface area contributed by atoms with Crippen molar-refractivity contribution in [1.82, 2.24) is 5.32 Å². The van der Waals surface area contributed by atoms with Gasteiger partial charge in [0.1, 0.15) is 0 Å². The fraction of sp³-hybridized carbons (Fsp3) is 0.471. The molecule has 2 rings (SSSR count). The minimum absolute atomic E-state index is 0.0610. The summed E-state index contributed by atoms with van der Waals surface area (Å²) in [7, 11) is 3.11. The van der Waals surface area contributed by atoms with Gasteiger partial charge in [-0.15, -0.1) is 0 Å². The molecule has 1 aliphatic carbocycles. The van der Waals surface area contributed by atoms with E-state index in [9.17, 15) is 22.8 Å². The smallest absolute Gasteiger partial charge is 0.481 e. The number of carboxylic acid groups (broad SMARTS) is 2. The zero-order chi connectivity index (χ0) is 22.1. The van der Waals surface area contributed by atoms with E-state index in [0.717, 1.165) is 24.2 Å². The molecule has 29 heavy (non-hydrogen) atoms. The SMILES string of the molecule is O=C(O)C(F)(F)F.O=C(O)CCSSCCNC(=O)C1(c2cccc(Cl)c2)CC1. The summed E-state index contributed by atoms with van der Waals surface area (Å²) < 4.78 is 31.7. The van der Waals surface area contributed by atoms with Crippen LogP contribution in [-0.4, -0.2) is 52.3 Å². The van der Waals surface area contributed by atoms with Gasteiger partial charge in [-0.2, -0.15) is 13.2 Å². The molecule has 0 spiro atoms. The minimum atomic E-state index is -5.08. The average Bonchev–Trinajstić information content (AvgIpc) is 3.42. The molecule has 0 saturated heterocycles. The first-order chi connectivity index (χ1) is 13.5. The molecule has 12 heteroatoms. The van der Waals surface area contributed by atoms with Crippen LogP contribution in [0.4, 0.5) is 13.2 Å². The van der Waals surface area contributed by atoms with Gasteiger partial charge in [-0.1, -0.05) is 45.3 Å². The first kappa shape index (κ1) is 25.4. The lowest BCUT2D eigenvalue weighted by Gasteiger charge is -2.16. The van der Waals surface area contributed by atoms with E-state index in [4.69, 9.17) is 26.6 Å². The maximum absolute atomic E-state index is 12.4.